The molecule has 0 spiro atoms. The van der Waals surface area contributed by atoms with E-state index >= 15 is 0 Å². The molecular weight excluding hydrogens is 370 g/mol. The van der Waals surface area contributed by atoms with Gasteiger partial charge in [-0.2, -0.15) is 0 Å². The minimum Gasteiger partial charge on any atom is -0.482 e. The van der Waals surface area contributed by atoms with Crippen LogP contribution in [0.4, 0.5) is 5.69 Å². The molecule has 0 fully saturated rings. The van der Waals surface area contributed by atoms with Crippen molar-refractivity contribution in [2.24, 2.45) is 4.99 Å². The monoisotopic (exact) mass is 403 g/mol. The Morgan fingerprint density at radius 3 is 2.66 bits per heavy atom. The van der Waals surface area contributed by atoms with Crippen LogP contribution in [0.25, 0.3) is 0 Å². The lowest BCUT2D eigenvalue weighted by Gasteiger charge is -2.29. The number of nitrogens with zero attached hydrogens (tertiary/aromatic N) is 4. The second-order valence-corrected chi connectivity index (χ2v) is 6.81. The van der Waals surface area contributed by atoms with Gasteiger partial charge in [0.25, 0.3) is 5.91 Å². The average Bonchev–Trinajstić information content (AvgIpc) is 2.72. The molecule has 0 saturated carbocycles. The second-order valence-electron chi connectivity index (χ2n) is 6.81. The van der Waals surface area contributed by atoms with Gasteiger partial charge in [0.05, 0.1) is 12.2 Å². The first-order chi connectivity index (χ1) is 14.0. The zero-order valence-corrected chi connectivity index (χ0v) is 18.0. The Kier molecular flexibility index (Phi) is 8.76. The van der Waals surface area contributed by atoms with E-state index in [1.807, 2.05) is 61.9 Å². The highest BCUT2D eigenvalue weighted by atomic mass is 16.5. The van der Waals surface area contributed by atoms with Crippen LogP contribution in [0.5, 0.6) is 5.75 Å². The van der Waals surface area contributed by atoms with Crippen molar-refractivity contribution in [2.45, 2.75) is 27.2 Å². The third-order valence-corrected chi connectivity index (χ3v) is 4.79. The van der Waals surface area contributed by atoms with Crippen molar-refractivity contribution in [3.63, 3.8) is 0 Å². The fraction of sp³-hybridized carbons (Fsp3) is 0.571. The van der Waals surface area contributed by atoms with Crippen molar-refractivity contribution in [3.05, 3.63) is 24.3 Å². The molecule has 1 aromatic carbocycles. The average molecular weight is 404 g/mol. The summed E-state index contributed by atoms with van der Waals surface area (Å²) in [5.41, 5.74) is 0.807. The van der Waals surface area contributed by atoms with Crippen LogP contribution in [0.2, 0.25) is 0 Å². The highest BCUT2D eigenvalue weighted by molar-refractivity contribution is 5.97. The maximum atomic E-state index is 12.4. The molecule has 1 aliphatic heterocycles. The first kappa shape index (κ1) is 22.5. The number of nitrogens with one attached hydrogen (secondary N) is 1. The third kappa shape index (κ3) is 6.10. The van der Waals surface area contributed by atoms with Crippen molar-refractivity contribution >= 4 is 23.5 Å². The lowest BCUT2D eigenvalue weighted by molar-refractivity contribution is -0.131. The van der Waals surface area contributed by atoms with E-state index in [9.17, 15) is 9.59 Å². The van der Waals surface area contributed by atoms with Crippen molar-refractivity contribution in [1.29, 1.82) is 0 Å². The lowest BCUT2D eigenvalue weighted by atomic mass is 10.2. The summed E-state index contributed by atoms with van der Waals surface area (Å²) in [6.07, 6.45) is 0.715. The van der Waals surface area contributed by atoms with E-state index in [1.54, 1.807) is 4.90 Å². The summed E-state index contributed by atoms with van der Waals surface area (Å²) in [5.74, 6) is 1.47. The Labute approximate surface area is 173 Å². The molecule has 29 heavy (non-hydrogen) atoms. The fourth-order valence-corrected chi connectivity index (χ4v) is 3.24. The van der Waals surface area contributed by atoms with Gasteiger partial charge in [0, 0.05) is 39.8 Å². The van der Waals surface area contributed by atoms with Crippen LogP contribution < -0.4 is 15.0 Å². The van der Waals surface area contributed by atoms with Crippen LogP contribution in [-0.4, -0.2) is 80.5 Å². The number of fused-ring (bicyclic) bond motifs is 1. The van der Waals surface area contributed by atoms with E-state index in [2.05, 4.69) is 10.3 Å². The number of guanidine groups is 1. The Morgan fingerprint density at radius 2 is 1.97 bits per heavy atom. The van der Waals surface area contributed by atoms with Crippen LogP contribution in [0.1, 0.15) is 27.2 Å². The van der Waals surface area contributed by atoms with Crippen LogP contribution in [-0.2, 0) is 9.59 Å². The highest BCUT2D eigenvalue weighted by Gasteiger charge is 2.24. The summed E-state index contributed by atoms with van der Waals surface area (Å²) >= 11 is 0. The van der Waals surface area contributed by atoms with Gasteiger partial charge in [0.2, 0.25) is 5.91 Å². The molecule has 1 heterocycles. The normalized spacial score (nSPS) is 13.6. The van der Waals surface area contributed by atoms with Gasteiger partial charge in [-0.25, -0.2) is 0 Å². The number of anilines is 1. The Balaban J connectivity index is 1.94. The van der Waals surface area contributed by atoms with E-state index in [-0.39, 0.29) is 25.0 Å². The summed E-state index contributed by atoms with van der Waals surface area (Å²) in [7, 11) is 1.87. The van der Waals surface area contributed by atoms with E-state index < -0.39 is 0 Å². The molecule has 0 aliphatic carbocycles. The number of ether oxygens (including phenoxy) is 1. The summed E-state index contributed by atoms with van der Waals surface area (Å²) in [6.45, 7) is 9.55. The minimum absolute atomic E-state index is 0.0403. The Hall–Kier alpha value is -2.77. The van der Waals surface area contributed by atoms with Gasteiger partial charge in [-0.05, 0) is 39.3 Å². The second kappa shape index (κ2) is 11.3. The molecule has 2 amide bonds. The predicted molar refractivity (Wildman–Crippen MR) is 115 cm³/mol. The first-order valence-electron chi connectivity index (χ1n) is 10.3. The molecule has 0 radical (unpaired) electrons. The van der Waals surface area contributed by atoms with Crippen LogP contribution in [0, 0.1) is 0 Å². The summed E-state index contributed by atoms with van der Waals surface area (Å²) in [5, 5.41) is 3.23. The van der Waals surface area contributed by atoms with Gasteiger partial charge in [0.1, 0.15) is 5.75 Å². The number of carbonyl (C=O) groups is 2. The number of rotatable bonds is 9. The number of aliphatic imine (C=N–C) groups is 1. The first-order valence-corrected chi connectivity index (χ1v) is 10.3. The largest absolute Gasteiger partial charge is 0.482 e. The summed E-state index contributed by atoms with van der Waals surface area (Å²) in [4.78, 5) is 34.6. The number of para-hydroxylation sites is 2. The molecule has 1 aromatic rings. The minimum atomic E-state index is -0.0403. The molecule has 0 bridgehead atoms. The molecule has 0 saturated heterocycles. The van der Waals surface area contributed by atoms with Crippen LogP contribution in [0.3, 0.4) is 0 Å². The maximum absolute atomic E-state index is 12.4. The van der Waals surface area contributed by atoms with Crippen LogP contribution in [0.15, 0.2) is 29.3 Å². The zero-order valence-electron chi connectivity index (χ0n) is 18.0. The van der Waals surface area contributed by atoms with Crippen molar-refractivity contribution in [2.75, 3.05) is 57.8 Å². The van der Waals surface area contributed by atoms with Gasteiger partial charge < -0.3 is 24.8 Å². The lowest BCUT2D eigenvalue weighted by Crippen LogP contribution is -2.45. The van der Waals surface area contributed by atoms with Gasteiger partial charge in [-0.15, -0.1) is 0 Å². The highest BCUT2D eigenvalue weighted by Crippen LogP contribution is 2.31. The van der Waals surface area contributed by atoms with E-state index in [4.69, 9.17) is 4.74 Å². The quantitative estimate of drug-likeness (QED) is 0.385. The van der Waals surface area contributed by atoms with Crippen molar-refractivity contribution in [3.8, 4) is 5.75 Å². The number of benzene rings is 1. The fourth-order valence-electron chi connectivity index (χ4n) is 3.24. The molecule has 0 aromatic heterocycles. The van der Waals surface area contributed by atoms with Gasteiger partial charge in [0.15, 0.2) is 12.6 Å². The van der Waals surface area contributed by atoms with Gasteiger partial charge in [-0.3, -0.25) is 14.6 Å². The molecule has 0 atom stereocenters. The third-order valence-electron chi connectivity index (χ3n) is 4.79. The van der Waals surface area contributed by atoms with Gasteiger partial charge >= 0.3 is 0 Å². The van der Waals surface area contributed by atoms with E-state index in [0.29, 0.717) is 38.6 Å². The Morgan fingerprint density at radius 1 is 1.24 bits per heavy atom. The number of hydrogen-bond acceptors (Lipinski definition) is 4. The molecule has 8 nitrogen and oxygen atoms in total. The van der Waals surface area contributed by atoms with Gasteiger partial charge in [-0.1, -0.05) is 12.1 Å². The number of likely N-dealkylation sites (N-methyl/N-ethyl adjacent to an activating group) is 2. The molecule has 0 unspecified atom stereocenters. The Bertz CT molecular complexity index is 718. The van der Waals surface area contributed by atoms with E-state index in [1.165, 1.54) is 0 Å². The molecule has 1 N–H and O–H groups in total. The molecule has 160 valence electrons. The topological polar surface area (TPSA) is 77.5 Å². The van der Waals surface area contributed by atoms with Crippen molar-refractivity contribution < 1.29 is 14.3 Å². The predicted octanol–water partition coefficient (Wildman–Crippen LogP) is 1.57. The summed E-state index contributed by atoms with van der Waals surface area (Å²) in [6, 6.07) is 7.57. The standard InChI is InChI=1S/C21H33N5O3/c1-5-22-21(24(4)15-19(27)25(6-2)7-3)23-13-10-14-26-17-11-8-9-12-18(17)29-16-20(26)28/h8-9,11-12H,5-7,10,13-16H2,1-4H3,(H,22,23). The maximum Gasteiger partial charge on any atom is 0.265 e. The van der Waals surface area contributed by atoms with E-state index in [0.717, 1.165) is 18.0 Å². The number of hydrogen-bond donors (Lipinski definition) is 1. The molecule has 8 heteroatoms. The summed E-state index contributed by atoms with van der Waals surface area (Å²) < 4.78 is 5.48. The zero-order chi connectivity index (χ0) is 21.2. The van der Waals surface area contributed by atoms with Crippen LogP contribution >= 0.6 is 0 Å². The molecular formula is C21H33N5O3. The van der Waals surface area contributed by atoms with Crippen molar-refractivity contribution in [1.82, 2.24) is 15.1 Å². The smallest absolute Gasteiger partial charge is 0.265 e. The SMILES string of the molecule is CCNC(=NCCCN1C(=O)COc2ccccc21)N(C)CC(=O)N(CC)CC. The molecule has 1 aliphatic rings. The number of carbonyl (C=O) groups excluding carboxylic acids is 2. The molecule has 2 rings (SSSR count). The number of amides is 2.